The van der Waals surface area contributed by atoms with Crippen LogP contribution < -0.4 is 36.0 Å². The lowest BCUT2D eigenvalue weighted by Crippen LogP contribution is -2.62. The van der Waals surface area contributed by atoms with E-state index in [2.05, 4.69) is 277 Å². The molecule has 3 aliphatic carbocycles. The van der Waals surface area contributed by atoms with Crippen molar-refractivity contribution in [1.82, 2.24) is 0 Å². The summed E-state index contributed by atoms with van der Waals surface area (Å²) in [5.41, 5.74) is 25.0. The summed E-state index contributed by atoms with van der Waals surface area (Å²) < 4.78 is 2.62. The average Bonchev–Trinajstić information content (AvgIpc) is 1.23. The molecule has 2 unspecified atom stereocenters. The average molecular weight is 1110 g/mol. The molecule has 9 aromatic carbocycles. The van der Waals surface area contributed by atoms with Gasteiger partial charge in [-0.1, -0.05) is 178 Å². The SMILES string of the molecule is CC1(C)CCC(C)(C)c2cc(N3c4cc5c(cc4B4c6ccc(N(c7ccccc7)c7ccccc7)cc6N(c6cccc7c6sc6ccccc67)c6cc(N7c8ccccc8C8(C)CCCCC78C)cc3c64)C(C)(C)CCC5(C)C)ccc21. The highest BCUT2D eigenvalue weighted by Gasteiger charge is 2.58. The van der Waals surface area contributed by atoms with Gasteiger partial charge in [-0.2, -0.15) is 0 Å². The summed E-state index contributed by atoms with van der Waals surface area (Å²) in [6.45, 7) is 25.1. The molecule has 1 fully saturated rings. The van der Waals surface area contributed by atoms with Gasteiger partial charge in [0.05, 0.1) is 15.9 Å². The van der Waals surface area contributed by atoms with Crippen LogP contribution in [0.25, 0.3) is 20.2 Å². The molecule has 0 radical (unpaired) electrons. The lowest BCUT2D eigenvalue weighted by Gasteiger charge is -2.51. The molecule has 6 heteroatoms. The van der Waals surface area contributed by atoms with Crippen molar-refractivity contribution in [3.8, 4) is 0 Å². The molecule has 6 aliphatic rings. The largest absolute Gasteiger partial charge is 0.334 e. The summed E-state index contributed by atoms with van der Waals surface area (Å²) in [6, 6.07) is 73.5. The zero-order valence-electron chi connectivity index (χ0n) is 50.8. The molecule has 1 saturated carbocycles. The van der Waals surface area contributed by atoms with E-state index in [9.17, 15) is 0 Å². The summed E-state index contributed by atoms with van der Waals surface area (Å²) in [5.74, 6) is 0. The van der Waals surface area contributed by atoms with Crippen molar-refractivity contribution >= 4 is 117 Å². The van der Waals surface area contributed by atoms with Gasteiger partial charge in [0, 0.05) is 77.8 Å². The smallest absolute Gasteiger partial charge is 0.252 e. The topological polar surface area (TPSA) is 13.0 Å². The van der Waals surface area contributed by atoms with Crippen LogP contribution in [0.4, 0.5) is 62.6 Å². The van der Waals surface area contributed by atoms with Crippen LogP contribution in [0.3, 0.4) is 0 Å². The standard InChI is InChI=1S/C78H77BN4S/c1-73(2)40-41-74(3,4)59-44-52(34-36-57(59)73)81-67-49-61-60(75(5,6)42-43-76(61,7)8)48-63(67)79-62-37-35-53(80(50-24-13-11-14-25-50)51-26-15-12-16-27-51)45-66(62)82(65-32-23-29-56-55-28-17-20-33-70(55)84-72(56)65)69-47-54(46-68(81)71(69)79)83-64-31-19-18-30-58(64)77(9)38-21-22-39-78(77,83)10/h11-20,23-37,44-49H,21-22,38-43H2,1-10H3. The summed E-state index contributed by atoms with van der Waals surface area (Å²) in [6.07, 6.45) is 9.39. The van der Waals surface area contributed by atoms with Gasteiger partial charge < -0.3 is 19.6 Å². The van der Waals surface area contributed by atoms with E-state index in [4.69, 9.17) is 0 Å². The normalized spacial score (nSPS) is 21.7. The fraction of sp³-hybridized carbons (Fsp3) is 0.308. The minimum absolute atomic E-state index is 0.000417. The van der Waals surface area contributed by atoms with E-state index in [0.29, 0.717) is 0 Å². The number of hydrogen-bond acceptors (Lipinski definition) is 5. The number of thiophene rings is 1. The number of anilines is 11. The number of benzene rings is 9. The maximum atomic E-state index is 2.84. The molecular weight excluding hydrogens is 1040 g/mol. The van der Waals surface area contributed by atoms with Crippen LogP contribution >= 0.6 is 11.3 Å². The van der Waals surface area contributed by atoms with Crippen molar-refractivity contribution in [2.24, 2.45) is 0 Å². The first-order valence-electron chi connectivity index (χ1n) is 31.3. The highest BCUT2D eigenvalue weighted by Crippen LogP contribution is 2.63. The van der Waals surface area contributed by atoms with Gasteiger partial charge in [-0.15, -0.1) is 11.3 Å². The highest BCUT2D eigenvalue weighted by atomic mass is 32.1. The monoisotopic (exact) mass is 1110 g/mol. The summed E-state index contributed by atoms with van der Waals surface area (Å²) >= 11 is 1.93. The van der Waals surface area contributed by atoms with E-state index in [1.165, 1.54) is 136 Å². The van der Waals surface area contributed by atoms with Gasteiger partial charge >= 0.3 is 0 Å². The molecule has 0 N–H and O–H groups in total. The van der Waals surface area contributed by atoms with E-state index in [0.717, 1.165) is 42.7 Å². The number of hydrogen-bond donors (Lipinski definition) is 0. The predicted octanol–water partition coefficient (Wildman–Crippen LogP) is 20.0. The van der Waals surface area contributed by atoms with E-state index in [1.807, 2.05) is 11.3 Å². The summed E-state index contributed by atoms with van der Waals surface area (Å²) in [7, 11) is 0. The van der Waals surface area contributed by atoms with Crippen molar-refractivity contribution in [1.29, 1.82) is 0 Å². The van der Waals surface area contributed by atoms with E-state index < -0.39 is 0 Å². The van der Waals surface area contributed by atoms with Crippen molar-refractivity contribution < 1.29 is 0 Å². The molecule has 16 rings (SSSR count). The Hall–Kier alpha value is -7.54. The third-order valence-electron chi connectivity index (χ3n) is 22.3. The molecule has 3 aliphatic heterocycles. The zero-order valence-corrected chi connectivity index (χ0v) is 51.6. The second-order valence-corrected chi connectivity index (χ2v) is 29.9. The van der Waals surface area contributed by atoms with Crippen LogP contribution in [0, 0.1) is 0 Å². The Labute approximate surface area is 502 Å². The van der Waals surface area contributed by atoms with Crippen LogP contribution in [0.1, 0.15) is 148 Å². The van der Waals surface area contributed by atoms with Crippen LogP contribution in [-0.4, -0.2) is 12.3 Å². The fourth-order valence-corrected chi connectivity index (χ4v) is 18.4. The van der Waals surface area contributed by atoms with Crippen LogP contribution in [0.2, 0.25) is 0 Å². The second-order valence-electron chi connectivity index (χ2n) is 28.9. The van der Waals surface area contributed by atoms with Crippen LogP contribution in [-0.2, 0) is 27.1 Å². The summed E-state index contributed by atoms with van der Waals surface area (Å²) in [5, 5.41) is 2.61. The lowest BCUT2D eigenvalue weighted by molar-refractivity contribution is 0.195. The molecule has 4 nitrogen and oxygen atoms in total. The zero-order chi connectivity index (χ0) is 57.5. The van der Waals surface area contributed by atoms with Gasteiger partial charge in [0.2, 0.25) is 0 Å². The molecule has 10 aromatic rings. The van der Waals surface area contributed by atoms with Gasteiger partial charge in [0.1, 0.15) is 0 Å². The predicted molar refractivity (Wildman–Crippen MR) is 361 cm³/mol. The Morgan fingerprint density at radius 2 is 0.952 bits per heavy atom. The third kappa shape index (κ3) is 7.31. The minimum Gasteiger partial charge on any atom is -0.334 e. The Kier molecular flexibility index (Phi) is 11.2. The third-order valence-corrected chi connectivity index (χ3v) is 23.5. The maximum absolute atomic E-state index is 2.84. The second kappa shape index (κ2) is 18.0. The first-order chi connectivity index (χ1) is 40.4. The Bertz CT molecular complexity index is 4320. The van der Waals surface area contributed by atoms with E-state index in [-0.39, 0.29) is 39.3 Å². The number of nitrogens with zero attached hydrogens (tertiary/aromatic N) is 4. The minimum atomic E-state index is -0.162. The Morgan fingerprint density at radius 3 is 1.67 bits per heavy atom. The van der Waals surface area contributed by atoms with Gasteiger partial charge in [0.25, 0.3) is 6.71 Å². The molecule has 0 saturated heterocycles. The number of fused-ring (bicyclic) bond motifs is 12. The molecule has 0 spiro atoms. The quantitative estimate of drug-likeness (QED) is 0.154. The lowest BCUT2D eigenvalue weighted by atomic mass is 9.33. The van der Waals surface area contributed by atoms with Crippen molar-refractivity contribution in [2.75, 3.05) is 19.6 Å². The van der Waals surface area contributed by atoms with E-state index in [1.54, 1.807) is 0 Å². The molecule has 84 heavy (non-hydrogen) atoms. The van der Waals surface area contributed by atoms with E-state index >= 15 is 0 Å². The fourth-order valence-electron chi connectivity index (χ4n) is 17.2. The van der Waals surface area contributed by atoms with Crippen molar-refractivity contribution in [3.63, 3.8) is 0 Å². The summed E-state index contributed by atoms with van der Waals surface area (Å²) in [4.78, 5) is 10.8. The Balaban J connectivity index is 1.07. The van der Waals surface area contributed by atoms with Crippen molar-refractivity contribution in [3.05, 3.63) is 216 Å². The van der Waals surface area contributed by atoms with Gasteiger partial charge in [-0.05, 0) is 196 Å². The van der Waals surface area contributed by atoms with Gasteiger partial charge in [0.15, 0.2) is 0 Å². The molecule has 0 amide bonds. The van der Waals surface area contributed by atoms with Crippen LogP contribution in [0.15, 0.2) is 188 Å². The van der Waals surface area contributed by atoms with Crippen molar-refractivity contribution in [2.45, 2.75) is 153 Å². The molecule has 0 bridgehead atoms. The van der Waals surface area contributed by atoms with Gasteiger partial charge in [-0.3, -0.25) is 0 Å². The molecule has 1 aromatic heterocycles. The maximum Gasteiger partial charge on any atom is 0.252 e. The molecule has 4 heterocycles. The Morgan fingerprint density at radius 1 is 0.381 bits per heavy atom. The molecule has 2 atom stereocenters. The number of rotatable bonds is 6. The first kappa shape index (κ1) is 52.1. The van der Waals surface area contributed by atoms with Gasteiger partial charge in [-0.25, -0.2) is 0 Å². The van der Waals surface area contributed by atoms with Crippen LogP contribution in [0.5, 0.6) is 0 Å². The molecule has 418 valence electrons. The number of para-hydroxylation sites is 3. The first-order valence-corrected chi connectivity index (χ1v) is 32.2. The molecular formula is C78H77BN4S. The highest BCUT2D eigenvalue weighted by molar-refractivity contribution is 7.26.